The van der Waals surface area contributed by atoms with Crippen LogP contribution in [0.25, 0.3) is 33.7 Å². The van der Waals surface area contributed by atoms with Gasteiger partial charge in [-0.05, 0) is 62.0 Å². The molecule has 0 aliphatic heterocycles. The highest BCUT2D eigenvalue weighted by Gasteiger charge is 2.41. The Hall–Kier alpha value is -6.13. The molecule has 3 aromatic heterocycles. The van der Waals surface area contributed by atoms with E-state index in [1.165, 1.54) is 0 Å². The monoisotopic (exact) mass is 762 g/mol. The maximum absolute atomic E-state index is 11.7. The van der Waals surface area contributed by atoms with Gasteiger partial charge in [0.1, 0.15) is 17.2 Å². The van der Waals surface area contributed by atoms with Gasteiger partial charge in [-0.25, -0.2) is 9.78 Å². The maximum Gasteiger partial charge on any atom is 0.356 e. The Kier molecular flexibility index (Phi) is 9.28. The highest BCUT2D eigenvalue weighted by atomic mass is 79.9. The van der Waals surface area contributed by atoms with Crippen LogP contribution in [-0.2, 0) is 18.5 Å². The van der Waals surface area contributed by atoms with E-state index in [-0.39, 0.29) is 5.69 Å². The van der Waals surface area contributed by atoms with Crippen molar-refractivity contribution in [3.05, 3.63) is 178 Å². The zero-order valence-electron chi connectivity index (χ0n) is 28.9. The molecule has 8 rings (SSSR count). The molecule has 3 heterocycles. The number of benzene rings is 5. The first kappa shape index (κ1) is 34.0. The Balaban J connectivity index is 1.21. The molecule has 0 saturated carbocycles. The third-order valence-electron chi connectivity index (χ3n) is 9.58. The van der Waals surface area contributed by atoms with Gasteiger partial charge in [-0.2, -0.15) is 0 Å². The molecule has 262 valence electrons. The molecule has 0 unspecified atom stereocenters. The normalized spacial score (nSPS) is 11.7. The molecule has 0 saturated heterocycles. The van der Waals surface area contributed by atoms with Gasteiger partial charge < -0.3 is 14.1 Å². The molecule has 1 N–H and O–H groups in total. The van der Waals surface area contributed by atoms with E-state index in [1.54, 1.807) is 11.0 Å². The van der Waals surface area contributed by atoms with Gasteiger partial charge in [0.25, 0.3) is 0 Å². The lowest BCUT2D eigenvalue weighted by Gasteiger charge is -2.34. The van der Waals surface area contributed by atoms with Crippen LogP contribution in [0.4, 0.5) is 0 Å². The lowest BCUT2D eigenvalue weighted by molar-refractivity contribution is 0.0690. The quantitative estimate of drug-likeness (QED) is 0.123. The summed E-state index contributed by atoms with van der Waals surface area (Å²) in [4.78, 5) is 17.8. The van der Waals surface area contributed by atoms with E-state index in [9.17, 15) is 9.90 Å². The first-order valence-corrected chi connectivity index (χ1v) is 18.3. The minimum atomic E-state index is -1.03. The molecule has 0 amide bonds. The molecule has 0 radical (unpaired) electrons. The van der Waals surface area contributed by atoms with E-state index in [0.29, 0.717) is 30.1 Å². The summed E-state index contributed by atoms with van der Waals surface area (Å²) in [6.45, 7) is 2.59. The molecule has 10 heteroatoms. The number of aromatic nitrogens is 6. The fraction of sp³-hybridized carbons (Fsp3) is 0.140. The topological polar surface area (TPSA) is 112 Å². The number of rotatable bonds is 12. The highest BCUT2D eigenvalue weighted by Crippen LogP contribution is 2.43. The number of aromatic carboxylic acids is 1. The zero-order chi connectivity index (χ0) is 36.4. The molecule has 0 aliphatic rings. The van der Waals surface area contributed by atoms with Crippen LogP contribution < -0.4 is 0 Å². The number of furan rings is 1. The van der Waals surface area contributed by atoms with Gasteiger partial charge in [0, 0.05) is 35.7 Å². The Labute approximate surface area is 314 Å². The number of carboxylic acids is 1. The predicted molar refractivity (Wildman–Crippen MR) is 208 cm³/mol. The van der Waals surface area contributed by atoms with Gasteiger partial charge in [0.15, 0.2) is 11.2 Å². The summed E-state index contributed by atoms with van der Waals surface area (Å²) in [6, 6.07) is 44.7. The third-order valence-corrected chi connectivity index (χ3v) is 10.4. The SMILES string of the molecule is CCCCc1nc(C(=O)O)cn1Cc1ccc2oc(-c3ccccc3-c3nnn(C(c4ccccc4)(c4ccccc4)c4ccccc4)n3)c(Br)c2c1. The van der Waals surface area contributed by atoms with Crippen molar-refractivity contribution in [3.63, 3.8) is 0 Å². The van der Waals surface area contributed by atoms with Crippen molar-refractivity contribution in [2.45, 2.75) is 38.3 Å². The first-order chi connectivity index (χ1) is 26.0. The summed E-state index contributed by atoms with van der Waals surface area (Å²) in [6.07, 6.45) is 4.25. The highest BCUT2D eigenvalue weighted by molar-refractivity contribution is 9.10. The van der Waals surface area contributed by atoms with E-state index in [2.05, 4.69) is 70.3 Å². The second-order valence-corrected chi connectivity index (χ2v) is 13.7. The van der Waals surface area contributed by atoms with Crippen molar-refractivity contribution >= 4 is 32.9 Å². The predicted octanol–water partition coefficient (Wildman–Crippen LogP) is 9.64. The average Bonchev–Trinajstić information content (AvgIpc) is 3.94. The van der Waals surface area contributed by atoms with Crippen LogP contribution in [0.3, 0.4) is 0 Å². The number of tetrazole rings is 1. The first-order valence-electron chi connectivity index (χ1n) is 17.5. The Morgan fingerprint density at radius 2 is 1.42 bits per heavy atom. The van der Waals surface area contributed by atoms with Gasteiger partial charge in [-0.3, -0.25) is 0 Å². The molecule has 0 fully saturated rings. The van der Waals surface area contributed by atoms with E-state index in [4.69, 9.17) is 19.8 Å². The number of carboxylic acid groups (broad SMARTS) is 1. The lowest BCUT2D eigenvalue weighted by Crippen LogP contribution is -2.39. The molecule has 5 aromatic carbocycles. The largest absolute Gasteiger partial charge is 0.476 e. The van der Waals surface area contributed by atoms with Crippen LogP contribution in [0.15, 0.2) is 149 Å². The van der Waals surface area contributed by atoms with Crippen molar-refractivity contribution < 1.29 is 14.3 Å². The van der Waals surface area contributed by atoms with Crippen molar-refractivity contribution in [2.75, 3.05) is 0 Å². The molecule has 9 nitrogen and oxygen atoms in total. The number of fused-ring (bicyclic) bond motifs is 1. The third kappa shape index (κ3) is 6.25. The lowest BCUT2D eigenvalue weighted by atomic mass is 9.77. The summed E-state index contributed by atoms with van der Waals surface area (Å²) < 4.78 is 9.25. The maximum atomic E-state index is 11.7. The number of imidazole rings is 1. The fourth-order valence-corrected chi connectivity index (χ4v) is 7.64. The van der Waals surface area contributed by atoms with Gasteiger partial charge >= 0.3 is 5.97 Å². The number of unbranched alkanes of at least 4 members (excludes halogenated alkanes) is 1. The van der Waals surface area contributed by atoms with Crippen LogP contribution in [0.2, 0.25) is 0 Å². The van der Waals surface area contributed by atoms with Gasteiger partial charge in [-0.1, -0.05) is 135 Å². The average molecular weight is 764 g/mol. The molecular formula is C43H35BrN6O3. The Morgan fingerprint density at radius 1 is 0.811 bits per heavy atom. The minimum absolute atomic E-state index is 0.0552. The number of hydrogen-bond donors (Lipinski definition) is 1. The molecule has 0 spiro atoms. The van der Waals surface area contributed by atoms with Gasteiger partial charge in [-0.15, -0.1) is 15.0 Å². The number of carbonyl (C=O) groups is 1. The smallest absolute Gasteiger partial charge is 0.356 e. The number of nitrogens with zero attached hydrogens (tertiary/aromatic N) is 6. The Bertz CT molecular complexity index is 2430. The number of hydrogen-bond acceptors (Lipinski definition) is 6. The summed E-state index contributed by atoms with van der Waals surface area (Å²) in [5.74, 6) is 0.832. The van der Waals surface area contributed by atoms with Crippen molar-refractivity contribution in [1.82, 2.24) is 29.8 Å². The number of halogens is 1. The minimum Gasteiger partial charge on any atom is -0.476 e. The summed E-state index contributed by atoms with van der Waals surface area (Å²) in [7, 11) is 0. The van der Waals surface area contributed by atoms with Crippen LogP contribution in [-0.4, -0.2) is 40.8 Å². The molecule has 53 heavy (non-hydrogen) atoms. The van der Waals surface area contributed by atoms with E-state index >= 15 is 0 Å². The van der Waals surface area contributed by atoms with Crippen LogP contribution in [0.5, 0.6) is 0 Å². The van der Waals surface area contributed by atoms with Gasteiger partial charge in [0.2, 0.25) is 5.82 Å². The van der Waals surface area contributed by atoms with E-state index in [0.717, 1.165) is 61.9 Å². The molecule has 0 bridgehead atoms. The molecule has 0 aliphatic carbocycles. The standard InChI is InChI=1S/C43H35BrN6O3/c1-2-3-23-38-45-36(42(51)52)28-49(38)27-29-24-25-37-35(26-29)39(44)40(53-37)33-21-13-14-22-34(33)41-46-48-50(47-41)43(30-15-7-4-8-16-30,31-17-9-5-10-18-31)32-19-11-6-12-20-32/h4-22,24-26,28H,2-3,23,27H2,1H3,(H,51,52). The van der Waals surface area contributed by atoms with Crippen molar-refractivity contribution in [1.29, 1.82) is 0 Å². The van der Waals surface area contributed by atoms with Crippen LogP contribution in [0, 0.1) is 0 Å². The second-order valence-electron chi connectivity index (χ2n) is 12.9. The summed E-state index contributed by atoms with van der Waals surface area (Å²) in [5, 5.41) is 25.1. The zero-order valence-corrected chi connectivity index (χ0v) is 30.5. The second kappa shape index (κ2) is 14.5. The summed E-state index contributed by atoms with van der Waals surface area (Å²) in [5.41, 5.74) is 5.42. The van der Waals surface area contributed by atoms with Crippen molar-refractivity contribution in [2.24, 2.45) is 0 Å². The fourth-order valence-electron chi connectivity index (χ4n) is 7.04. The van der Waals surface area contributed by atoms with Crippen LogP contribution >= 0.6 is 15.9 Å². The van der Waals surface area contributed by atoms with Gasteiger partial charge in [0.05, 0.1) is 4.47 Å². The van der Waals surface area contributed by atoms with E-state index < -0.39 is 11.5 Å². The molecule has 8 aromatic rings. The van der Waals surface area contributed by atoms with Crippen molar-refractivity contribution in [3.8, 4) is 22.7 Å². The summed E-state index contributed by atoms with van der Waals surface area (Å²) >= 11 is 3.86. The Morgan fingerprint density at radius 3 is 2.02 bits per heavy atom. The van der Waals surface area contributed by atoms with Crippen LogP contribution in [0.1, 0.15) is 58.3 Å². The molecule has 0 atom stereocenters. The van der Waals surface area contributed by atoms with E-state index in [1.807, 2.05) is 95.6 Å². The molecular weight excluding hydrogens is 728 g/mol. The number of aryl methyl sites for hydroxylation is 1.